The highest BCUT2D eigenvalue weighted by Crippen LogP contribution is 2.23. The van der Waals surface area contributed by atoms with Crippen LogP contribution in [0.3, 0.4) is 0 Å². The summed E-state index contributed by atoms with van der Waals surface area (Å²) in [7, 11) is 0. The van der Waals surface area contributed by atoms with E-state index in [1.807, 2.05) is 0 Å². The number of benzene rings is 1. The smallest absolute Gasteiger partial charge is 0.338 e. The van der Waals surface area contributed by atoms with Crippen LogP contribution in [0.25, 0.3) is 0 Å². The number of carbonyl (C=O) groups excluding carboxylic acids is 4. The third-order valence-corrected chi connectivity index (χ3v) is 4.97. The Morgan fingerprint density at radius 1 is 0.963 bits per heavy atom. The number of nitrogens with one attached hydrogen (secondary N) is 1. The Morgan fingerprint density at radius 3 is 2.15 bits per heavy atom. The lowest BCUT2D eigenvalue weighted by Crippen LogP contribution is -2.37. The number of amides is 3. The van der Waals surface area contributed by atoms with E-state index >= 15 is 0 Å². The van der Waals surface area contributed by atoms with E-state index in [0.717, 1.165) is 30.6 Å². The Hall–Kier alpha value is -2.70. The molecule has 1 aromatic carbocycles. The normalized spacial score (nSPS) is 18.3. The van der Waals surface area contributed by atoms with Gasteiger partial charge < -0.3 is 10.1 Å². The summed E-state index contributed by atoms with van der Waals surface area (Å²) >= 11 is 0. The molecule has 2 aliphatic rings. The number of nitrogens with zero attached hydrogens (tertiary/aromatic N) is 1. The molecule has 3 amide bonds. The second-order valence-electron chi connectivity index (χ2n) is 7.00. The van der Waals surface area contributed by atoms with Crippen LogP contribution in [-0.4, -0.2) is 36.3 Å². The fraction of sp³-hybridized carbons (Fsp3) is 0.500. The largest absolute Gasteiger partial charge is 0.452 e. The minimum Gasteiger partial charge on any atom is -0.452 e. The molecule has 0 radical (unpaired) electrons. The zero-order valence-electron chi connectivity index (χ0n) is 15.2. The Labute approximate surface area is 158 Å². The fourth-order valence-corrected chi connectivity index (χ4v) is 3.52. The molecule has 1 saturated heterocycles. The summed E-state index contributed by atoms with van der Waals surface area (Å²) in [4.78, 5) is 48.7. The van der Waals surface area contributed by atoms with Crippen molar-refractivity contribution in [2.75, 3.05) is 11.5 Å². The lowest BCUT2D eigenvalue weighted by Gasteiger charge is -2.16. The molecule has 0 bridgehead atoms. The van der Waals surface area contributed by atoms with Gasteiger partial charge in [0, 0.05) is 18.9 Å². The third kappa shape index (κ3) is 4.93. The molecule has 0 atom stereocenters. The number of hydrogen-bond acceptors (Lipinski definition) is 5. The van der Waals surface area contributed by atoms with Gasteiger partial charge in [-0.2, -0.15) is 0 Å². The quantitative estimate of drug-likeness (QED) is 0.486. The van der Waals surface area contributed by atoms with Crippen molar-refractivity contribution in [3.63, 3.8) is 0 Å². The first-order chi connectivity index (χ1) is 13.0. The van der Waals surface area contributed by atoms with E-state index in [0.29, 0.717) is 5.69 Å². The van der Waals surface area contributed by atoms with Gasteiger partial charge in [0.05, 0.1) is 11.3 Å². The monoisotopic (exact) mass is 372 g/mol. The van der Waals surface area contributed by atoms with Gasteiger partial charge in [-0.05, 0) is 37.1 Å². The highest BCUT2D eigenvalue weighted by atomic mass is 16.5. The zero-order valence-corrected chi connectivity index (χ0v) is 15.2. The van der Waals surface area contributed by atoms with Gasteiger partial charge in [-0.1, -0.05) is 25.7 Å². The van der Waals surface area contributed by atoms with Crippen LogP contribution in [0.5, 0.6) is 0 Å². The van der Waals surface area contributed by atoms with Crippen molar-refractivity contribution in [2.45, 2.75) is 57.4 Å². The summed E-state index contributed by atoms with van der Waals surface area (Å²) < 4.78 is 5.07. The van der Waals surface area contributed by atoms with E-state index in [1.54, 1.807) is 0 Å². The maximum Gasteiger partial charge on any atom is 0.338 e. The summed E-state index contributed by atoms with van der Waals surface area (Å²) in [5.74, 6) is -1.40. The number of rotatable bonds is 5. The van der Waals surface area contributed by atoms with E-state index < -0.39 is 5.97 Å². The Balaban J connectivity index is 1.50. The number of esters is 1. The fourth-order valence-electron chi connectivity index (χ4n) is 3.52. The van der Waals surface area contributed by atoms with Gasteiger partial charge in [0.2, 0.25) is 11.8 Å². The average molecular weight is 372 g/mol. The molecule has 1 aromatic rings. The first-order valence-corrected chi connectivity index (χ1v) is 9.47. The Bertz CT molecular complexity index is 704. The molecule has 0 spiro atoms. The van der Waals surface area contributed by atoms with Crippen molar-refractivity contribution >= 4 is 29.4 Å². The van der Waals surface area contributed by atoms with E-state index in [-0.39, 0.29) is 48.8 Å². The molecule has 1 saturated carbocycles. The van der Waals surface area contributed by atoms with Gasteiger partial charge >= 0.3 is 5.97 Å². The molecular formula is C20H24N2O5. The maximum absolute atomic E-state index is 12.1. The van der Waals surface area contributed by atoms with Crippen molar-refractivity contribution in [2.24, 2.45) is 0 Å². The van der Waals surface area contributed by atoms with E-state index in [9.17, 15) is 19.2 Å². The molecule has 7 nitrogen and oxygen atoms in total. The van der Waals surface area contributed by atoms with Crippen LogP contribution in [0.1, 0.15) is 61.7 Å². The highest BCUT2D eigenvalue weighted by molar-refractivity contribution is 6.19. The molecule has 144 valence electrons. The van der Waals surface area contributed by atoms with Crippen molar-refractivity contribution in [1.29, 1.82) is 0 Å². The highest BCUT2D eigenvalue weighted by Gasteiger charge is 2.30. The topological polar surface area (TPSA) is 92.8 Å². The van der Waals surface area contributed by atoms with Gasteiger partial charge in [-0.15, -0.1) is 0 Å². The lowest BCUT2D eigenvalue weighted by atomic mass is 10.1. The number of imide groups is 1. The van der Waals surface area contributed by atoms with Crippen LogP contribution in [0.4, 0.5) is 5.69 Å². The average Bonchev–Trinajstić information content (AvgIpc) is 2.85. The van der Waals surface area contributed by atoms with Gasteiger partial charge in [-0.25, -0.2) is 4.79 Å². The summed E-state index contributed by atoms with van der Waals surface area (Å²) in [6, 6.07) is 6.19. The van der Waals surface area contributed by atoms with Crippen LogP contribution < -0.4 is 10.2 Å². The summed E-state index contributed by atoms with van der Waals surface area (Å²) in [6.45, 7) is -0.319. The molecule has 1 aliphatic heterocycles. The maximum atomic E-state index is 12.1. The number of anilines is 1. The van der Waals surface area contributed by atoms with Crippen LogP contribution >= 0.6 is 0 Å². The van der Waals surface area contributed by atoms with E-state index in [1.165, 1.54) is 37.1 Å². The molecule has 7 heteroatoms. The van der Waals surface area contributed by atoms with Crippen molar-refractivity contribution < 1.29 is 23.9 Å². The Morgan fingerprint density at radius 2 is 1.56 bits per heavy atom. The van der Waals surface area contributed by atoms with Crippen molar-refractivity contribution in [3.05, 3.63) is 29.8 Å². The molecule has 0 aromatic heterocycles. The predicted molar refractivity (Wildman–Crippen MR) is 98.1 cm³/mol. The molecule has 1 heterocycles. The number of carbonyl (C=O) groups is 4. The van der Waals surface area contributed by atoms with Crippen LogP contribution in [0.15, 0.2) is 24.3 Å². The number of ether oxygens (including phenoxy) is 1. The first kappa shape index (κ1) is 19.1. The summed E-state index contributed by atoms with van der Waals surface area (Å²) in [6.07, 6.45) is 6.97. The summed E-state index contributed by atoms with van der Waals surface area (Å²) in [5.41, 5.74) is 0.699. The van der Waals surface area contributed by atoms with Gasteiger partial charge in [0.15, 0.2) is 6.61 Å². The van der Waals surface area contributed by atoms with Gasteiger partial charge in [-0.3, -0.25) is 19.3 Å². The van der Waals surface area contributed by atoms with Crippen LogP contribution in [0.2, 0.25) is 0 Å². The zero-order chi connectivity index (χ0) is 19.2. The Kier molecular flexibility index (Phi) is 6.21. The molecule has 3 rings (SSSR count). The minimum atomic E-state index is -0.614. The molecule has 1 aliphatic carbocycles. The third-order valence-electron chi connectivity index (χ3n) is 4.97. The molecule has 2 fully saturated rings. The van der Waals surface area contributed by atoms with E-state index in [4.69, 9.17) is 4.74 Å². The van der Waals surface area contributed by atoms with E-state index in [2.05, 4.69) is 5.32 Å². The molecule has 0 unspecified atom stereocenters. The summed E-state index contributed by atoms with van der Waals surface area (Å²) in [5, 5.41) is 2.92. The first-order valence-electron chi connectivity index (χ1n) is 9.47. The second kappa shape index (κ2) is 8.79. The molecule has 27 heavy (non-hydrogen) atoms. The van der Waals surface area contributed by atoms with Crippen molar-refractivity contribution in [1.82, 2.24) is 5.32 Å². The lowest BCUT2D eigenvalue weighted by molar-refractivity contribution is -0.125. The van der Waals surface area contributed by atoms with Gasteiger partial charge in [0.25, 0.3) is 5.91 Å². The minimum absolute atomic E-state index is 0.161. The van der Waals surface area contributed by atoms with Crippen molar-refractivity contribution in [3.8, 4) is 0 Å². The van der Waals surface area contributed by atoms with Crippen LogP contribution in [-0.2, 0) is 19.1 Å². The second-order valence-corrected chi connectivity index (χ2v) is 7.00. The molecular weight excluding hydrogens is 348 g/mol. The molecule has 1 N–H and O–H groups in total. The predicted octanol–water partition coefficient (Wildman–Crippen LogP) is 2.34. The standard InChI is InChI=1S/C20H24N2O5/c23-17(21-15-5-3-1-2-4-6-15)13-27-20(26)14-7-9-16(10-8-14)22-18(24)11-12-19(22)25/h7-10,15H,1-6,11-13H2,(H,21,23). The van der Waals surface area contributed by atoms with Gasteiger partial charge in [0.1, 0.15) is 0 Å². The SMILES string of the molecule is O=C(COC(=O)c1ccc(N2C(=O)CCC2=O)cc1)NC1CCCCCC1. The van der Waals surface area contributed by atoms with Crippen LogP contribution in [0, 0.1) is 0 Å². The number of hydrogen-bond donors (Lipinski definition) is 1.